The molecule has 0 heterocycles. The van der Waals surface area contributed by atoms with Gasteiger partial charge in [-0.2, -0.15) is 5.10 Å². The molecular weight excluding hydrogens is 342 g/mol. The molecule has 2 rings (SSSR count). The molecule has 0 saturated carbocycles. The highest BCUT2D eigenvalue weighted by Gasteiger charge is 2.14. The molecule has 0 saturated heterocycles. The molecule has 0 aliphatic rings. The first-order valence-electron chi connectivity index (χ1n) is 7.52. The monoisotopic (exact) mass is 359 g/mol. The maximum Gasteiger partial charge on any atom is 0.275 e. The number of hydrogen-bond acceptors (Lipinski definition) is 4. The van der Waals surface area contributed by atoms with Crippen molar-refractivity contribution >= 4 is 34.8 Å². The highest BCUT2D eigenvalue weighted by Crippen LogP contribution is 2.21. The minimum atomic E-state index is -0.608. The number of halogens is 1. The van der Waals surface area contributed by atoms with Gasteiger partial charge in [-0.3, -0.25) is 9.59 Å². The summed E-state index contributed by atoms with van der Waals surface area (Å²) in [7, 11) is 1.67. The average molecular weight is 360 g/mol. The summed E-state index contributed by atoms with van der Waals surface area (Å²) in [6.45, 7) is 1.63. The van der Waals surface area contributed by atoms with Crippen molar-refractivity contribution in [3.63, 3.8) is 0 Å². The number of carbonyl (C=O) groups excluding carboxylic acids is 2. The number of benzene rings is 2. The van der Waals surface area contributed by atoms with Gasteiger partial charge in [-0.25, -0.2) is 5.43 Å². The van der Waals surface area contributed by atoms with Gasteiger partial charge < -0.3 is 10.0 Å². The van der Waals surface area contributed by atoms with Crippen LogP contribution in [0.15, 0.2) is 53.6 Å². The van der Waals surface area contributed by atoms with E-state index in [4.69, 9.17) is 11.6 Å². The van der Waals surface area contributed by atoms with E-state index in [0.29, 0.717) is 10.7 Å². The fourth-order valence-electron chi connectivity index (χ4n) is 2.07. The molecule has 25 heavy (non-hydrogen) atoms. The van der Waals surface area contributed by atoms with E-state index in [1.54, 1.807) is 14.0 Å². The van der Waals surface area contributed by atoms with Crippen LogP contribution in [0.25, 0.3) is 0 Å². The largest absolute Gasteiger partial charge is 0.507 e. The van der Waals surface area contributed by atoms with Crippen molar-refractivity contribution in [1.29, 1.82) is 0 Å². The molecular formula is C18H18ClN3O3. The summed E-state index contributed by atoms with van der Waals surface area (Å²) in [5.41, 5.74) is 3.53. The molecule has 0 radical (unpaired) electrons. The second-order valence-corrected chi connectivity index (χ2v) is 5.85. The summed E-state index contributed by atoms with van der Waals surface area (Å²) >= 11 is 5.81. The van der Waals surface area contributed by atoms with E-state index in [2.05, 4.69) is 10.5 Å². The number of phenolic OH excluding ortho intramolecular Hbond substituents is 1. The van der Waals surface area contributed by atoms with Crippen LogP contribution in [0.3, 0.4) is 0 Å². The molecule has 0 aliphatic heterocycles. The molecule has 0 unspecified atom stereocenters. The third-order valence-corrected chi connectivity index (χ3v) is 3.71. The Bertz CT molecular complexity index is 806. The van der Waals surface area contributed by atoms with Crippen molar-refractivity contribution in [2.75, 3.05) is 11.9 Å². The summed E-state index contributed by atoms with van der Waals surface area (Å²) in [6, 6.07) is 13.4. The van der Waals surface area contributed by atoms with E-state index in [-0.39, 0.29) is 23.6 Å². The molecule has 2 aromatic rings. The second kappa shape index (κ2) is 8.30. The van der Waals surface area contributed by atoms with Crippen LogP contribution in [-0.4, -0.2) is 29.7 Å². The van der Waals surface area contributed by atoms with Crippen LogP contribution in [0.5, 0.6) is 5.75 Å². The van der Waals surface area contributed by atoms with Crippen LogP contribution in [0, 0.1) is 0 Å². The number of phenols is 1. The Hall–Kier alpha value is -2.86. The summed E-state index contributed by atoms with van der Waals surface area (Å²) < 4.78 is 0. The Morgan fingerprint density at radius 3 is 2.56 bits per heavy atom. The number of hydrazone groups is 1. The summed E-state index contributed by atoms with van der Waals surface area (Å²) in [5.74, 6) is -0.967. The molecule has 2 aromatic carbocycles. The summed E-state index contributed by atoms with van der Waals surface area (Å²) in [4.78, 5) is 25.8. The fraction of sp³-hybridized carbons (Fsp3) is 0.167. The Morgan fingerprint density at radius 1 is 1.20 bits per heavy atom. The highest BCUT2D eigenvalue weighted by atomic mass is 35.5. The van der Waals surface area contributed by atoms with Crippen molar-refractivity contribution in [1.82, 2.24) is 5.43 Å². The zero-order valence-electron chi connectivity index (χ0n) is 13.9. The molecule has 0 aliphatic carbocycles. The first-order valence-corrected chi connectivity index (χ1v) is 7.90. The van der Waals surface area contributed by atoms with Gasteiger partial charge in [0.1, 0.15) is 5.75 Å². The van der Waals surface area contributed by atoms with Crippen molar-refractivity contribution < 1.29 is 14.7 Å². The number of hydrogen-bond donors (Lipinski definition) is 2. The number of nitrogens with one attached hydrogen (secondary N) is 1. The van der Waals surface area contributed by atoms with E-state index >= 15 is 0 Å². The normalized spacial score (nSPS) is 11.1. The van der Waals surface area contributed by atoms with Crippen molar-refractivity contribution in [3.8, 4) is 5.75 Å². The predicted octanol–water partition coefficient (Wildman–Crippen LogP) is 3.20. The van der Waals surface area contributed by atoms with Gasteiger partial charge in [-0.05, 0) is 37.3 Å². The second-order valence-electron chi connectivity index (χ2n) is 5.41. The zero-order valence-corrected chi connectivity index (χ0v) is 14.6. The number of rotatable bonds is 5. The van der Waals surface area contributed by atoms with Crippen LogP contribution >= 0.6 is 11.6 Å². The van der Waals surface area contributed by atoms with Gasteiger partial charge in [0.2, 0.25) is 5.91 Å². The van der Waals surface area contributed by atoms with Crippen LogP contribution in [0.1, 0.15) is 23.7 Å². The van der Waals surface area contributed by atoms with Crippen LogP contribution in [0.4, 0.5) is 5.69 Å². The van der Waals surface area contributed by atoms with Gasteiger partial charge in [0, 0.05) is 23.5 Å². The minimum Gasteiger partial charge on any atom is -0.507 e. The Morgan fingerprint density at radius 2 is 1.88 bits per heavy atom. The minimum absolute atomic E-state index is 0.0109. The van der Waals surface area contributed by atoms with Crippen molar-refractivity contribution in [2.45, 2.75) is 13.3 Å². The SMILES string of the molecule is C/C(CC(=O)N(C)c1ccccc1)=N\NC(=O)c1cc(Cl)ccc1O. The standard InChI is InChI=1S/C18H18ClN3O3/c1-12(10-17(24)22(2)14-6-4-3-5-7-14)20-21-18(25)15-11-13(19)8-9-16(15)23/h3-9,11,23H,10H2,1-2H3,(H,21,25)/b20-12+. The lowest BCUT2D eigenvalue weighted by atomic mass is 10.2. The van der Waals surface area contributed by atoms with Gasteiger partial charge in [-0.15, -0.1) is 0 Å². The predicted molar refractivity (Wildman–Crippen MR) is 98.2 cm³/mol. The summed E-state index contributed by atoms with van der Waals surface area (Å²) in [6.07, 6.45) is 0.0488. The number of nitrogens with zero attached hydrogens (tertiary/aromatic N) is 2. The molecule has 6 nitrogen and oxygen atoms in total. The number of carbonyl (C=O) groups is 2. The molecule has 0 bridgehead atoms. The Labute approximate surface area is 150 Å². The average Bonchev–Trinajstić information content (AvgIpc) is 2.61. The smallest absolute Gasteiger partial charge is 0.275 e. The van der Waals surface area contributed by atoms with Gasteiger partial charge in [0.15, 0.2) is 0 Å². The molecule has 130 valence electrons. The Kier molecular flexibility index (Phi) is 6.14. The zero-order chi connectivity index (χ0) is 18.4. The lowest BCUT2D eigenvalue weighted by Crippen LogP contribution is -2.28. The molecule has 2 N–H and O–H groups in total. The maximum absolute atomic E-state index is 12.2. The Balaban J connectivity index is 1.98. The lowest BCUT2D eigenvalue weighted by Gasteiger charge is -2.17. The van der Waals surface area contributed by atoms with Crippen LogP contribution in [-0.2, 0) is 4.79 Å². The van der Waals surface area contributed by atoms with E-state index in [1.165, 1.54) is 23.1 Å². The molecule has 0 aromatic heterocycles. The first-order chi connectivity index (χ1) is 11.9. The number of para-hydroxylation sites is 1. The van der Waals surface area contributed by atoms with Crippen LogP contribution < -0.4 is 10.3 Å². The fourth-order valence-corrected chi connectivity index (χ4v) is 2.24. The van der Waals surface area contributed by atoms with E-state index in [1.807, 2.05) is 30.3 Å². The van der Waals surface area contributed by atoms with E-state index < -0.39 is 5.91 Å². The molecule has 2 amide bonds. The third kappa shape index (κ3) is 5.06. The highest BCUT2D eigenvalue weighted by molar-refractivity contribution is 6.31. The number of aromatic hydroxyl groups is 1. The quantitative estimate of drug-likeness (QED) is 0.635. The molecule has 0 atom stereocenters. The van der Waals surface area contributed by atoms with Crippen molar-refractivity contribution in [2.24, 2.45) is 5.10 Å². The molecule has 0 fully saturated rings. The first kappa shape index (κ1) is 18.5. The molecule has 7 heteroatoms. The van der Waals surface area contributed by atoms with Gasteiger partial charge in [0.05, 0.1) is 12.0 Å². The maximum atomic E-state index is 12.2. The lowest BCUT2D eigenvalue weighted by molar-refractivity contribution is -0.117. The topological polar surface area (TPSA) is 82.0 Å². The summed E-state index contributed by atoms with van der Waals surface area (Å²) in [5, 5.41) is 13.9. The van der Waals surface area contributed by atoms with E-state index in [0.717, 1.165) is 5.69 Å². The van der Waals surface area contributed by atoms with Gasteiger partial charge >= 0.3 is 0 Å². The number of amides is 2. The van der Waals surface area contributed by atoms with Gasteiger partial charge in [-0.1, -0.05) is 29.8 Å². The van der Waals surface area contributed by atoms with Crippen LogP contribution in [0.2, 0.25) is 5.02 Å². The van der Waals surface area contributed by atoms with E-state index in [9.17, 15) is 14.7 Å². The third-order valence-electron chi connectivity index (χ3n) is 3.48. The molecule has 0 spiro atoms. The van der Waals surface area contributed by atoms with Crippen molar-refractivity contribution in [3.05, 3.63) is 59.1 Å². The number of anilines is 1. The van der Waals surface area contributed by atoms with Gasteiger partial charge in [0.25, 0.3) is 5.91 Å².